The Kier molecular flexibility index (Phi) is 3.41. The van der Waals surface area contributed by atoms with Gasteiger partial charge in [-0.15, -0.1) is 0 Å². The van der Waals surface area contributed by atoms with Crippen LogP contribution in [0.15, 0.2) is 24.3 Å². The van der Waals surface area contributed by atoms with Gasteiger partial charge in [0, 0.05) is 5.56 Å². The van der Waals surface area contributed by atoms with E-state index in [2.05, 4.69) is 0 Å². The Morgan fingerprint density at radius 2 is 2.14 bits per heavy atom. The predicted octanol–water partition coefficient (Wildman–Crippen LogP) is 1.13. The van der Waals surface area contributed by atoms with E-state index in [4.69, 9.17) is 10.2 Å². The first kappa shape index (κ1) is 10.5. The highest BCUT2D eigenvalue weighted by Gasteiger charge is 2.15. The van der Waals surface area contributed by atoms with Gasteiger partial charge < -0.3 is 15.5 Å². The van der Waals surface area contributed by atoms with Crippen LogP contribution in [-0.4, -0.2) is 22.9 Å². The van der Waals surface area contributed by atoms with Gasteiger partial charge in [-0.05, 0) is 6.07 Å². The summed E-state index contributed by atoms with van der Waals surface area (Å²) in [7, 11) is 0. The smallest absolute Gasteiger partial charge is 0.405 e. The van der Waals surface area contributed by atoms with Crippen molar-refractivity contribution >= 4 is 6.09 Å². The predicted molar refractivity (Wildman–Crippen MR) is 47.4 cm³/mol. The summed E-state index contributed by atoms with van der Waals surface area (Å²) < 4.78 is 13.1. The zero-order valence-corrected chi connectivity index (χ0v) is 7.27. The molecule has 0 radical (unpaired) electrons. The van der Waals surface area contributed by atoms with Gasteiger partial charge in [0.15, 0.2) is 0 Å². The van der Waals surface area contributed by atoms with Crippen molar-refractivity contribution in [2.75, 3.05) is 6.61 Å². The van der Waals surface area contributed by atoms with E-state index in [1.807, 2.05) is 5.32 Å². The van der Waals surface area contributed by atoms with Crippen molar-refractivity contribution in [3.8, 4) is 0 Å². The van der Waals surface area contributed by atoms with Gasteiger partial charge in [-0.1, -0.05) is 18.2 Å². The average molecular weight is 199 g/mol. The monoisotopic (exact) mass is 199 g/mol. The Labute approximate surface area is 80.0 Å². The van der Waals surface area contributed by atoms with Gasteiger partial charge in [-0.2, -0.15) is 0 Å². The number of benzene rings is 1. The molecule has 1 aromatic rings. The highest BCUT2D eigenvalue weighted by Crippen LogP contribution is 2.15. The number of hydrogen-bond donors (Lipinski definition) is 3. The molecule has 1 amide bonds. The molecule has 0 heterocycles. The van der Waals surface area contributed by atoms with E-state index >= 15 is 0 Å². The van der Waals surface area contributed by atoms with E-state index in [-0.39, 0.29) is 5.56 Å². The van der Waals surface area contributed by atoms with E-state index in [9.17, 15) is 9.18 Å². The van der Waals surface area contributed by atoms with Gasteiger partial charge in [0.2, 0.25) is 0 Å². The van der Waals surface area contributed by atoms with Crippen LogP contribution in [0.4, 0.5) is 9.18 Å². The zero-order valence-electron chi connectivity index (χ0n) is 7.27. The van der Waals surface area contributed by atoms with Gasteiger partial charge in [-0.25, -0.2) is 9.18 Å². The minimum Gasteiger partial charge on any atom is -0.465 e. The van der Waals surface area contributed by atoms with Crippen molar-refractivity contribution in [3.05, 3.63) is 35.6 Å². The minimum atomic E-state index is -1.30. The van der Waals surface area contributed by atoms with Crippen LogP contribution in [0.1, 0.15) is 11.6 Å². The normalized spacial score (nSPS) is 12.1. The first-order chi connectivity index (χ1) is 6.65. The lowest BCUT2D eigenvalue weighted by Crippen LogP contribution is -2.29. The third-order valence-electron chi connectivity index (χ3n) is 1.76. The molecule has 14 heavy (non-hydrogen) atoms. The second kappa shape index (κ2) is 4.57. The fourth-order valence-corrected chi connectivity index (χ4v) is 1.13. The van der Waals surface area contributed by atoms with Gasteiger partial charge in [-0.3, -0.25) is 0 Å². The maximum Gasteiger partial charge on any atom is 0.405 e. The summed E-state index contributed by atoms with van der Waals surface area (Å²) in [5.74, 6) is -0.541. The lowest BCUT2D eigenvalue weighted by atomic mass is 10.1. The van der Waals surface area contributed by atoms with Crippen molar-refractivity contribution in [1.29, 1.82) is 0 Å². The number of halogens is 1. The second-order valence-electron chi connectivity index (χ2n) is 2.71. The van der Waals surface area contributed by atoms with Crippen molar-refractivity contribution in [3.63, 3.8) is 0 Å². The number of hydrogen-bond acceptors (Lipinski definition) is 2. The van der Waals surface area contributed by atoms with E-state index < -0.39 is 24.6 Å². The molecule has 0 saturated carbocycles. The molecule has 0 aromatic heterocycles. The molecule has 3 N–H and O–H groups in total. The third-order valence-corrected chi connectivity index (χ3v) is 1.76. The lowest BCUT2D eigenvalue weighted by molar-refractivity contribution is 0.177. The van der Waals surface area contributed by atoms with Crippen molar-refractivity contribution in [2.24, 2.45) is 0 Å². The molecule has 0 fully saturated rings. The Balaban J connectivity index is 2.89. The van der Waals surface area contributed by atoms with Crippen LogP contribution < -0.4 is 5.32 Å². The standard InChI is InChI=1S/C9H10FNO3/c10-7-4-2-1-3-6(7)8(5-12)11-9(13)14/h1-4,8,11-12H,5H2,(H,13,14). The first-order valence-electron chi connectivity index (χ1n) is 4.00. The number of aliphatic hydroxyl groups is 1. The summed E-state index contributed by atoms with van der Waals surface area (Å²) >= 11 is 0. The highest BCUT2D eigenvalue weighted by molar-refractivity contribution is 5.65. The molecule has 0 saturated heterocycles. The molecule has 1 aromatic carbocycles. The SMILES string of the molecule is O=C(O)NC(CO)c1ccccc1F. The summed E-state index contributed by atoms with van der Waals surface area (Å²) in [4.78, 5) is 10.3. The number of carboxylic acid groups (broad SMARTS) is 1. The molecule has 0 aliphatic heterocycles. The first-order valence-corrected chi connectivity index (χ1v) is 4.00. The lowest BCUT2D eigenvalue weighted by Gasteiger charge is -2.14. The van der Waals surface area contributed by atoms with Crippen molar-refractivity contribution in [1.82, 2.24) is 5.32 Å². The Hall–Kier alpha value is -1.62. The largest absolute Gasteiger partial charge is 0.465 e. The van der Waals surface area contributed by atoms with Crippen LogP contribution in [0.3, 0.4) is 0 Å². The molecule has 1 atom stereocenters. The summed E-state index contributed by atoms with van der Waals surface area (Å²) in [6.45, 7) is -0.479. The van der Waals surface area contributed by atoms with E-state index in [1.165, 1.54) is 18.2 Å². The molecule has 0 spiro atoms. The fraction of sp³-hybridized carbons (Fsp3) is 0.222. The number of carbonyl (C=O) groups is 1. The van der Waals surface area contributed by atoms with Crippen LogP contribution in [0.25, 0.3) is 0 Å². The fourth-order valence-electron chi connectivity index (χ4n) is 1.13. The summed E-state index contributed by atoms with van der Waals surface area (Å²) in [5, 5.41) is 19.3. The number of rotatable bonds is 3. The minimum absolute atomic E-state index is 0.136. The zero-order chi connectivity index (χ0) is 10.6. The highest BCUT2D eigenvalue weighted by atomic mass is 19.1. The van der Waals surface area contributed by atoms with Gasteiger partial charge in [0.25, 0.3) is 0 Å². The molecule has 76 valence electrons. The van der Waals surface area contributed by atoms with Crippen LogP contribution in [0.5, 0.6) is 0 Å². The number of aliphatic hydroxyl groups excluding tert-OH is 1. The molecular formula is C9H10FNO3. The molecule has 0 bridgehead atoms. The molecular weight excluding hydrogens is 189 g/mol. The van der Waals surface area contributed by atoms with Gasteiger partial charge in [0.05, 0.1) is 12.6 Å². The molecule has 1 unspecified atom stereocenters. The topological polar surface area (TPSA) is 69.6 Å². The number of nitrogens with one attached hydrogen (secondary N) is 1. The molecule has 0 aliphatic carbocycles. The Bertz CT molecular complexity index is 330. The Morgan fingerprint density at radius 1 is 1.50 bits per heavy atom. The van der Waals surface area contributed by atoms with E-state index in [0.717, 1.165) is 0 Å². The summed E-state index contributed by atoms with van der Waals surface area (Å²) in [6, 6.07) is 4.78. The summed E-state index contributed by atoms with van der Waals surface area (Å²) in [6.07, 6.45) is -1.30. The van der Waals surface area contributed by atoms with Crippen molar-refractivity contribution in [2.45, 2.75) is 6.04 Å². The van der Waals surface area contributed by atoms with E-state index in [1.54, 1.807) is 6.07 Å². The van der Waals surface area contributed by atoms with Crippen LogP contribution in [-0.2, 0) is 0 Å². The third kappa shape index (κ3) is 2.43. The molecule has 1 rings (SSSR count). The quantitative estimate of drug-likeness (QED) is 0.683. The number of amides is 1. The molecule has 5 heteroatoms. The van der Waals surface area contributed by atoms with Crippen LogP contribution in [0.2, 0.25) is 0 Å². The molecule has 4 nitrogen and oxygen atoms in total. The van der Waals surface area contributed by atoms with Gasteiger partial charge >= 0.3 is 6.09 Å². The van der Waals surface area contributed by atoms with E-state index in [0.29, 0.717) is 0 Å². The average Bonchev–Trinajstić information content (AvgIpc) is 2.15. The Morgan fingerprint density at radius 3 is 2.64 bits per heavy atom. The van der Waals surface area contributed by atoms with Crippen molar-refractivity contribution < 1.29 is 19.4 Å². The van der Waals surface area contributed by atoms with Crippen LogP contribution in [0, 0.1) is 5.82 Å². The van der Waals surface area contributed by atoms with Crippen LogP contribution >= 0.6 is 0 Å². The second-order valence-corrected chi connectivity index (χ2v) is 2.71. The summed E-state index contributed by atoms with van der Waals surface area (Å²) in [5.41, 5.74) is 0.136. The van der Waals surface area contributed by atoms with Gasteiger partial charge in [0.1, 0.15) is 5.82 Å². The maximum atomic E-state index is 13.1. The maximum absolute atomic E-state index is 13.1. The molecule has 0 aliphatic rings.